The van der Waals surface area contributed by atoms with E-state index >= 15 is 0 Å². The van der Waals surface area contributed by atoms with Crippen LogP contribution in [0.4, 0.5) is 10.1 Å². The van der Waals surface area contributed by atoms with E-state index in [1.807, 2.05) is 17.0 Å². The number of esters is 1. The first-order valence-electron chi connectivity index (χ1n) is 10.1. The third kappa shape index (κ3) is 6.39. The zero-order valence-corrected chi connectivity index (χ0v) is 17.5. The average molecular weight is 430 g/mol. The maximum atomic E-state index is 15.0. The fraction of sp³-hybridized carbons (Fsp3) is 0.409. The molecule has 0 saturated carbocycles. The van der Waals surface area contributed by atoms with Crippen molar-refractivity contribution >= 4 is 17.5 Å². The van der Waals surface area contributed by atoms with E-state index in [1.165, 1.54) is 0 Å². The molecule has 31 heavy (non-hydrogen) atoms. The van der Waals surface area contributed by atoms with Crippen LogP contribution in [0, 0.1) is 11.2 Å². The molecule has 9 heteroatoms. The number of benzene rings is 1. The first kappa shape index (κ1) is 22.5. The molecule has 2 aromatic rings. The number of anilines is 1. The molecule has 0 spiro atoms. The number of methoxy groups -OCH3 is 1. The highest BCUT2D eigenvalue weighted by atomic mass is 19.1. The monoisotopic (exact) mass is 430 g/mol. The zero-order valence-electron chi connectivity index (χ0n) is 17.5. The third-order valence-corrected chi connectivity index (χ3v) is 5.06. The lowest BCUT2D eigenvalue weighted by Crippen LogP contribution is -2.37. The van der Waals surface area contributed by atoms with Gasteiger partial charge in [0.1, 0.15) is 18.9 Å². The maximum absolute atomic E-state index is 15.0. The predicted octanol–water partition coefficient (Wildman–Crippen LogP) is 2.78. The largest absolute Gasteiger partial charge is 0.481 e. The Labute approximate surface area is 180 Å². The fourth-order valence-corrected chi connectivity index (χ4v) is 3.42. The van der Waals surface area contributed by atoms with Crippen molar-refractivity contribution in [3.63, 3.8) is 0 Å². The maximum Gasteiger partial charge on any atom is 0.313 e. The standard InChI is InChI=1S/C22H27FN4O4/c1-29-20-11-15(5-8-26-20)13-30-17-6-9-27(10-7-17)18-4-2-3-16(22(18)23)14-31-21(28)12-19(24)25/h2-5,8,11,17H,6-7,9-10,12-14H2,1H3,(H3,24,25). The fourth-order valence-electron chi connectivity index (χ4n) is 3.42. The molecule has 0 bridgehead atoms. The van der Waals surface area contributed by atoms with E-state index in [9.17, 15) is 9.18 Å². The number of aromatic nitrogens is 1. The van der Waals surface area contributed by atoms with Crippen LogP contribution < -0.4 is 15.4 Å². The first-order valence-corrected chi connectivity index (χ1v) is 10.1. The molecule has 0 amide bonds. The number of ether oxygens (including phenoxy) is 3. The molecule has 1 aliphatic rings. The van der Waals surface area contributed by atoms with Crippen molar-refractivity contribution in [2.24, 2.45) is 5.73 Å². The summed E-state index contributed by atoms with van der Waals surface area (Å²) in [6.07, 6.45) is 3.03. The van der Waals surface area contributed by atoms with E-state index in [2.05, 4.69) is 4.98 Å². The summed E-state index contributed by atoms with van der Waals surface area (Å²) in [6, 6.07) is 8.78. The minimum absolute atomic E-state index is 0.0918. The van der Waals surface area contributed by atoms with Gasteiger partial charge in [-0.25, -0.2) is 9.37 Å². The Balaban J connectivity index is 1.52. The summed E-state index contributed by atoms with van der Waals surface area (Å²) in [5, 5.41) is 7.11. The highest BCUT2D eigenvalue weighted by molar-refractivity contribution is 5.94. The van der Waals surface area contributed by atoms with E-state index in [-0.39, 0.29) is 25.0 Å². The molecule has 0 aliphatic carbocycles. The summed E-state index contributed by atoms with van der Waals surface area (Å²) in [5.74, 6) is -0.783. The predicted molar refractivity (Wildman–Crippen MR) is 114 cm³/mol. The van der Waals surface area contributed by atoms with E-state index in [4.69, 9.17) is 25.4 Å². The molecule has 1 aromatic carbocycles. The molecule has 0 radical (unpaired) electrons. The summed E-state index contributed by atoms with van der Waals surface area (Å²) in [7, 11) is 1.58. The van der Waals surface area contributed by atoms with Crippen molar-refractivity contribution in [3.05, 3.63) is 53.5 Å². The van der Waals surface area contributed by atoms with Crippen LogP contribution in [-0.2, 0) is 27.5 Å². The third-order valence-electron chi connectivity index (χ3n) is 5.06. The molecule has 8 nitrogen and oxygen atoms in total. The molecule has 3 rings (SSSR count). The normalized spacial score (nSPS) is 14.3. The van der Waals surface area contributed by atoms with Crippen LogP contribution in [0.2, 0.25) is 0 Å². The molecule has 2 heterocycles. The lowest BCUT2D eigenvalue weighted by Gasteiger charge is -2.34. The number of nitrogens with one attached hydrogen (secondary N) is 1. The molecular weight excluding hydrogens is 403 g/mol. The number of carbonyl (C=O) groups excluding carboxylic acids is 1. The highest BCUT2D eigenvalue weighted by Gasteiger charge is 2.23. The summed E-state index contributed by atoms with van der Waals surface area (Å²) >= 11 is 0. The van der Waals surface area contributed by atoms with Gasteiger partial charge < -0.3 is 24.8 Å². The summed E-state index contributed by atoms with van der Waals surface area (Å²) in [6.45, 7) is 1.60. The summed E-state index contributed by atoms with van der Waals surface area (Å²) in [5.41, 5.74) is 6.94. The Morgan fingerprint density at radius 2 is 2.06 bits per heavy atom. The molecule has 3 N–H and O–H groups in total. The topological polar surface area (TPSA) is 111 Å². The summed E-state index contributed by atoms with van der Waals surface area (Å²) in [4.78, 5) is 17.6. The van der Waals surface area contributed by atoms with Crippen LogP contribution in [0.1, 0.15) is 30.4 Å². The van der Waals surface area contributed by atoms with Crippen molar-refractivity contribution in [3.8, 4) is 5.88 Å². The van der Waals surface area contributed by atoms with Crippen molar-refractivity contribution in [2.75, 3.05) is 25.1 Å². The average Bonchev–Trinajstić information content (AvgIpc) is 2.77. The number of amidine groups is 1. The number of halogens is 1. The molecule has 1 fully saturated rings. The number of nitrogens with zero attached hydrogens (tertiary/aromatic N) is 2. The molecule has 1 aromatic heterocycles. The van der Waals surface area contributed by atoms with Crippen molar-refractivity contribution in [2.45, 2.75) is 38.6 Å². The second kappa shape index (κ2) is 10.7. The van der Waals surface area contributed by atoms with Gasteiger partial charge in [0, 0.05) is 30.9 Å². The van der Waals surface area contributed by atoms with Crippen LogP contribution in [0.25, 0.3) is 0 Å². The van der Waals surface area contributed by atoms with Crippen LogP contribution in [0.15, 0.2) is 36.5 Å². The quantitative estimate of drug-likeness (QED) is 0.357. The molecule has 0 atom stereocenters. The number of pyridine rings is 1. The van der Waals surface area contributed by atoms with Gasteiger partial charge in [0.05, 0.1) is 25.5 Å². The number of rotatable bonds is 9. The molecular formula is C22H27FN4O4. The minimum atomic E-state index is -0.651. The lowest BCUT2D eigenvalue weighted by atomic mass is 10.1. The Morgan fingerprint density at radius 3 is 2.77 bits per heavy atom. The highest BCUT2D eigenvalue weighted by Crippen LogP contribution is 2.27. The van der Waals surface area contributed by atoms with Gasteiger partial charge in [0.25, 0.3) is 0 Å². The molecule has 166 valence electrons. The van der Waals surface area contributed by atoms with Gasteiger partial charge in [-0.2, -0.15) is 0 Å². The van der Waals surface area contributed by atoms with Crippen molar-refractivity contribution in [1.29, 1.82) is 5.41 Å². The van der Waals surface area contributed by atoms with E-state index in [0.717, 1.165) is 18.4 Å². The second-order valence-electron chi connectivity index (χ2n) is 7.32. The van der Waals surface area contributed by atoms with Crippen LogP contribution in [-0.4, -0.2) is 43.1 Å². The van der Waals surface area contributed by atoms with Crippen LogP contribution in [0.3, 0.4) is 0 Å². The molecule has 1 aliphatic heterocycles. The Hall–Kier alpha value is -3.20. The molecule has 1 saturated heterocycles. The Bertz CT molecular complexity index is 916. The number of nitrogens with two attached hydrogens (primary N) is 1. The van der Waals surface area contributed by atoms with E-state index < -0.39 is 11.8 Å². The van der Waals surface area contributed by atoms with Crippen molar-refractivity contribution < 1.29 is 23.4 Å². The number of hydrogen-bond donors (Lipinski definition) is 2. The Kier molecular flexibility index (Phi) is 7.77. The van der Waals surface area contributed by atoms with Gasteiger partial charge in [-0.15, -0.1) is 0 Å². The summed E-state index contributed by atoms with van der Waals surface area (Å²) < 4.78 is 31.1. The lowest BCUT2D eigenvalue weighted by molar-refractivity contribution is -0.143. The smallest absolute Gasteiger partial charge is 0.313 e. The van der Waals surface area contributed by atoms with Crippen LogP contribution >= 0.6 is 0 Å². The van der Waals surface area contributed by atoms with E-state index in [1.54, 1.807) is 31.5 Å². The number of piperidine rings is 1. The molecule has 0 unspecified atom stereocenters. The first-order chi connectivity index (χ1) is 15.0. The number of carbonyl (C=O) groups is 1. The van der Waals surface area contributed by atoms with Gasteiger partial charge >= 0.3 is 5.97 Å². The van der Waals surface area contributed by atoms with Crippen LogP contribution in [0.5, 0.6) is 5.88 Å². The second-order valence-corrected chi connectivity index (χ2v) is 7.32. The number of hydrogen-bond acceptors (Lipinski definition) is 7. The van der Waals surface area contributed by atoms with Gasteiger partial charge in [-0.1, -0.05) is 12.1 Å². The van der Waals surface area contributed by atoms with Gasteiger partial charge in [0.2, 0.25) is 5.88 Å². The zero-order chi connectivity index (χ0) is 22.2. The van der Waals surface area contributed by atoms with Gasteiger partial charge in [0.15, 0.2) is 5.82 Å². The Morgan fingerprint density at radius 1 is 1.29 bits per heavy atom. The minimum Gasteiger partial charge on any atom is -0.481 e. The van der Waals surface area contributed by atoms with Gasteiger partial charge in [-0.3, -0.25) is 10.2 Å². The van der Waals surface area contributed by atoms with Crippen molar-refractivity contribution in [1.82, 2.24) is 4.98 Å². The van der Waals surface area contributed by atoms with E-state index in [0.29, 0.717) is 36.8 Å². The SMILES string of the molecule is COc1cc(COC2CCN(c3cccc(COC(=O)CC(=N)N)c3F)CC2)ccn1. The van der Waals surface area contributed by atoms with Gasteiger partial charge in [-0.05, 0) is 30.5 Å².